The molecule has 2 atom stereocenters. The summed E-state index contributed by atoms with van der Waals surface area (Å²) < 4.78 is 38.8. The van der Waals surface area contributed by atoms with Crippen molar-refractivity contribution in [2.45, 2.75) is 55.6 Å². The number of sulfone groups is 1. The number of ether oxygens (including phenoxy) is 2. The van der Waals surface area contributed by atoms with Crippen LogP contribution in [-0.2, 0) is 19.4 Å². The third-order valence-corrected chi connectivity index (χ3v) is 8.78. The van der Waals surface area contributed by atoms with E-state index >= 15 is 0 Å². The van der Waals surface area contributed by atoms with Crippen molar-refractivity contribution in [1.29, 1.82) is 0 Å². The summed E-state index contributed by atoms with van der Waals surface area (Å²) in [6.07, 6.45) is 2.43. The third-order valence-electron chi connectivity index (χ3n) is 7.05. The molecule has 3 aromatic rings. The predicted molar refractivity (Wildman–Crippen MR) is 159 cm³/mol. The van der Waals surface area contributed by atoms with E-state index in [1.165, 1.54) is 0 Å². The van der Waals surface area contributed by atoms with Crippen molar-refractivity contribution in [1.82, 2.24) is 5.32 Å². The molecule has 218 valence electrons. The van der Waals surface area contributed by atoms with Crippen LogP contribution in [0.25, 0.3) is 0 Å². The van der Waals surface area contributed by atoms with E-state index in [0.717, 1.165) is 24.8 Å². The summed E-state index contributed by atoms with van der Waals surface area (Å²) in [4.78, 5) is 19.1. The highest BCUT2D eigenvalue weighted by Gasteiger charge is 2.53. The van der Waals surface area contributed by atoms with Crippen LogP contribution in [0.5, 0.6) is 5.75 Å². The summed E-state index contributed by atoms with van der Waals surface area (Å²) in [6, 6.07) is 24.7. The molecule has 0 aliphatic carbocycles. The van der Waals surface area contributed by atoms with E-state index in [2.05, 4.69) is 12.2 Å². The number of carbonyl (C=O) groups excluding carboxylic acids is 1. The van der Waals surface area contributed by atoms with E-state index in [-0.39, 0.29) is 35.5 Å². The Bertz CT molecular complexity index is 1400. The van der Waals surface area contributed by atoms with Crippen molar-refractivity contribution in [2.24, 2.45) is 4.99 Å². The minimum Gasteiger partial charge on any atom is -0.494 e. The first kappa shape index (κ1) is 30.3. The Morgan fingerprint density at radius 2 is 1.66 bits per heavy atom. The summed E-state index contributed by atoms with van der Waals surface area (Å²) >= 11 is 0. The van der Waals surface area contributed by atoms with Crippen molar-refractivity contribution in [3.63, 3.8) is 0 Å². The third kappa shape index (κ3) is 7.54. The maximum absolute atomic E-state index is 14.0. The fourth-order valence-corrected chi connectivity index (χ4v) is 6.15. The van der Waals surface area contributed by atoms with Gasteiger partial charge in [0, 0.05) is 31.6 Å². The fourth-order valence-electron chi connectivity index (χ4n) is 4.76. The van der Waals surface area contributed by atoms with Crippen molar-refractivity contribution in [2.75, 3.05) is 25.5 Å². The number of nitrogens with zero attached hydrogens (tertiary/aromatic N) is 1. The number of hydrogen-bond donors (Lipinski definition) is 2. The smallest absolute Gasteiger partial charge is 0.252 e. The maximum atomic E-state index is 14.0. The number of unbranched alkanes of at least 4 members (excludes halogenated alkanes) is 2. The van der Waals surface area contributed by atoms with Crippen LogP contribution in [0.1, 0.15) is 56.3 Å². The van der Waals surface area contributed by atoms with Gasteiger partial charge in [-0.1, -0.05) is 68.3 Å². The Hall–Kier alpha value is -3.69. The number of carbonyl (C=O) groups is 1. The van der Waals surface area contributed by atoms with Crippen molar-refractivity contribution >= 4 is 21.6 Å². The van der Waals surface area contributed by atoms with Crippen molar-refractivity contribution in [3.05, 3.63) is 96.1 Å². The molecule has 8 nitrogen and oxygen atoms in total. The molecule has 1 aliphatic heterocycles. The second-order valence-electron chi connectivity index (χ2n) is 10.0. The van der Waals surface area contributed by atoms with E-state index in [1.807, 2.05) is 30.3 Å². The first-order chi connectivity index (χ1) is 19.9. The van der Waals surface area contributed by atoms with E-state index in [1.54, 1.807) is 54.6 Å². The highest BCUT2D eigenvalue weighted by molar-refractivity contribution is 7.91. The molecule has 1 aliphatic rings. The van der Waals surface area contributed by atoms with Crippen LogP contribution in [0.4, 0.5) is 0 Å². The monoisotopic (exact) mass is 578 g/mol. The van der Waals surface area contributed by atoms with Gasteiger partial charge in [-0.15, -0.1) is 0 Å². The highest BCUT2D eigenvalue weighted by Crippen LogP contribution is 2.43. The zero-order chi connectivity index (χ0) is 29.1. The van der Waals surface area contributed by atoms with E-state index < -0.39 is 21.5 Å². The van der Waals surface area contributed by atoms with Gasteiger partial charge in [0.2, 0.25) is 5.90 Å². The van der Waals surface area contributed by atoms with E-state index in [4.69, 9.17) is 19.6 Å². The molecule has 1 heterocycles. The number of aliphatic imine (C=N–C) groups is 1. The largest absolute Gasteiger partial charge is 0.494 e. The summed E-state index contributed by atoms with van der Waals surface area (Å²) in [6.45, 7) is 2.99. The van der Waals surface area contributed by atoms with Gasteiger partial charge >= 0.3 is 0 Å². The molecule has 1 amide bonds. The summed E-state index contributed by atoms with van der Waals surface area (Å²) in [7, 11) is -3.69. The van der Waals surface area contributed by atoms with Crippen LogP contribution in [-0.4, -0.2) is 56.4 Å². The van der Waals surface area contributed by atoms with E-state index in [9.17, 15) is 13.2 Å². The lowest BCUT2D eigenvalue weighted by Gasteiger charge is -2.30. The molecular formula is C32H38N2O6S. The van der Waals surface area contributed by atoms with Crippen LogP contribution in [0.15, 0.2) is 94.8 Å². The molecule has 0 bridgehead atoms. The highest BCUT2D eigenvalue weighted by atomic mass is 32.2. The number of hydrogen-bond acceptors (Lipinski definition) is 7. The molecule has 0 saturated carbocycles. The second kappa shape index (κ2) is 14.3. The van der Waals surface area contributed by atoms with Crippen LogP contribution in [0, 0.1) is 0 Å². The second-order valence-corrected chi connectivity index (χ2v) is 12.2. The van der Waals surface area contributed by atoms with Crippen molar-refractivity contribution < 1.29 is 27.8 Å². The lowest BCUT2D eigenvalue weighted by Crippen LogP contribution is -2.49. The number of rotatable bonds is 15. The SMILES string of the molecule is CCCCCNC(=O)[C@]1(CCS(=O)(=O)c2ccccc2)N=C(c2ccc(OCCCO)cc2)O[C@@H]1c1ccccc1. The summed E-state index contributed by atoms with van der Waals surface area (Å²) in [5.41, 5.74) is -0.121. The first-order valence-electron chi connectivity index (χ1n) is 14.1. The van der Waals surface area contributed by atoms with Crippen LogP contribution in [0.3, 0.4) is 0 Å². The lowest BCUT2D eigenvalue weighted by atomic mass is 9.85. The topological polar surface area (TPSA) is 114 Å². The first-order valence-corrected chi connectivity index (χ1v) is 15.8. The molecule has 0 saturated heterocycles. The standard InChI is InChI=1S/C32H38N2O6S/c1-2-3-10-21-33-31(36)32(20-24-41(37,38)28-14-8-5-9-15-28)29(25-12-6-4-7-13-25)40-30(34-32)26-16-18-27(19-17-26)39-23-11-22-35/h4-9,12-19,29,35H,2-3,10-11,20-24H2,1H3,(H,33,36)/t29-,32-/m1/s1. The van der Waals surface area contributed by atoms with Crippen LogP contribution < -0.4 is 10.1 Å². The Labute approximate surface area is 242 Å². The van der Waals surface area contributed by atoms with Gasteiger partial charge in [-0.2, -0.15) is 0 Å². The predicted octanol–water partition coefficient (Wildman–Crippen LogP) is 4.88. The summed E-state index contributed by atoms with van der Waals surface area (Å²) in [5, 5.41) is 12.0. The molecule has 41 heavy (non-hydrogen) atoms. The molecule has 3 aromatic carbocycles. The average molecular weight is 579 g/mol. The Kier molecular flexibility index (Phi) is 10.5. The molecule has 0 radical (unpaired) electrons. The molecule has 4 rings (SSSR count). The minimum atomic E-state index is -3.69. The Morgan fingerprint density at radius 1 is 0.976 bits per heavy atom. The van der Waals surface area contributed by atoms with Gasteiger partial charge in [0.1, 0.15) is 5.75 Å². The van der Waals surface area contributed by atoms with Gasteiger partial charge in [0.25, 0.3) is 5.91 Å². The van der Waals surface area contributed by atoms with Gasteiger partial charge < -0.3 is 19.9 Å². The van der Waals surface area contributed by atoms with Gasteiger partial charge in [0.15, 0.2) is 21.5 Å². The molecule has 9 heteroatoms. The average Bonchev–Trinajstić information content (AvgIpc) is 3.41. The molecule has 0 fully saturated rings. The molecule has 2 N–H and O–H groups in total. The van der Waals surface area contributed by atoms with Gasteiger partial charge in [0.05, 0.1) is 17.3 Å². The fraction of sp³-hybridized carbons (Fsp3) is 0.375. The van der Waals surface area contributed by atoms with Gasteiger partial charge in [-0.25, -0.2) is 13.4 Å². The molecule has 0 spiro atoms. The zero-order valence-electron chi connectivity index (χ0n) is 23.4. The number of aliphatic hydroxyl groups excluding tert-OH is 1. The molecule has 0 aromatic heterocycles. The molecule has 0 unspecified atom stereocenters. The Morgan fingerprint density at radius 3 is 2.32 bits per heavy atom. The van der Waals surface area contributed by atoms with Crippen LogP contribution in [0.2, 0.25) is 0 Å². The number of amides is 1. The quantitative estimate of drug-likeness (QED) is 0.249. The zero-order valence-corrected chi connectivity index (χ0v) is 24.2. The number of aliphatic hydroxyl groups is 1. The normalized spacial score (nSPS) is 18.4. The van der Waals surface area contributed by atoms with E-state index in [0.29, 0.717) is 30.9 Å². The van der Waals surface area contributed by atoms with Crippen molar-refractivity contribution in [3.8, 4) is 5.75 Å². The molecular weight excluding hydrogens is 540 g/mol. The maximum Gasteiger partial charge on any atom is 0.252 e. The van der Waals surface area contributed by atoms with Gasteiger partial charge in [-0.05, 0) is 48.4 Å². The minimum absolute atomic E-state index is 0.0478. The van der Waals surface area contributed by atoms with Crippen LogP contribution >= 0.6 is 0 Å². The summed E-state index contributed by atoms with van der Waals surface area (Å²) in [5.74, 6) is 0.265. The lowest BCUT2D eigenvalue weighted by molar-refractivity contribution is -0.129. The number of nitrogens with one attached hydrogen (secondary N) is 1. The van der Waals surface area contributed by atoms with Gasteiger partial charge in [-0.3, -0.25) is 4.79 Å². The number of benzene rings is 3. The Balaban J connectivity index is 1.71.